The number of halogens is 5. The van der Waals surface area contributed by atoms with Crippen LogP contribution in [0.3, 0.4) is 0 Å². The van der Waals surface area contributed by atoms with Gasteiger partial charge in [0.05, 0.1) is 65.8 Å². The monoisotopic (exact) mass is 1130 g/mol. The molecule has 0 aliphatic carbocycles. The molecule has 3 N–H and O–H groups in total. The molecule has 396 valence electrons. The summed E-state index contributed by atoms with van der Waals surface area (Å²) in [4.78, 5) is 65.6. The summed E-state index contributed by atoms with van der Waals surface area (Å²) in [7, 11) is -3.71. The number of anilines is 1. The van der Waals surface area contributed by atoms with E-state index in [1.54, 1.807) is 31.1 Å². The predicted octanol–water partition coefficient (Wildman–Crippen LogP) is 7.94. The van der Waals surface area contributed by atoms with Crippen LogP contribution in [0.4, 0.5) is 5.69 Å². The Balaban J connectivity index is 0.000000474. The van der Waals surface area contributed by atoms with Crippen LogP contribution in [0.15, 0.2) is 62.4 Å². The number of hydrogen-bond acceptors (Lipinski definition) is 13. The molecule has 2 unspecified atom stereocenters. The number of carbonyl (C=O) groups excluding carboxylic acids is 2. The Morgan fingerprint density at radius 1 is 1.13 bits per heavy atom. The number of alkyl halides is 3. The van der Waals surface area contributed by atoms with Gasteiger partial charge in [-0.1, -0.05) is 98.2 Å². The molecule has 2 aromatic heterocycles. The van der Waals surface area contributed by atoms with E-state index in [-0.39, 0.29) is 47.2 Å². The molecule has 0 radical (unpaired) electrons. The van der Waals surface area contributed by atoms with Gasteiger partial charge in [-0.05, 0) is 74.3 Å². The van der Waals surface area contributed by atoms with Crippen LogP contribution in [0.1, 0.15) is 77.3 Å². The number of ether oxygens (including phenoxy) is 3. The Bertz CT molecular complexity index is 2450. The third-order valence-electron chi connectivity index (χ3n) is 8.87. The Hall–Kier alpha value is -3.74. The number of amides is 2. The van der Waals surface area contributed by atoms with E-state index in [1.807, 2.05) is 64.2 Å². The minimum absolute atomic E-state index is 0.0371. The first kappa shape index (κ1) is 65.3. The largest absolute Gasteiger partial charge is 0.778 e. The Morgan fingerprint density at radius 2 is 1.76 bits per heavy atom. The molecular weight excluding hydrogens is 1070 g/mol. The summed E-state index contributed by atoms with van der Waals surface area (Å²) < 4.78 is 37.9. The van der Waals surface area contributed by atoms with Crippen LogP contribution in [0.25, 0.3) is 5.69 Å². The van der Waals surface area contributed by atoms with Crippen LogP contribution in [-0.4, -0.2) is 117 Å². The highest BCUT2D eigenvalue weighted by molar-refractivity contribution is 7.94. The summed E-state index contributed by atoms with van der Waals surface area (Å²) in [6.45, 7) is 16.0. The topological polar surface area (TPSA) is 239 Å². The van der Waals surface area contributed by atoms with E-state index < -0.39 is 48.1 Å². The maximum atomic E-state index is 12.0. The van der Waals surface area contributed by atoms with E-state index in [1.165, 1.54) is 17.0 Å². The zero-order valence-electron chi connectivity index (χ0n) is 41.4. The lowest BCUT2D eigenvalue weighted by Gasteiger charge is -2.29. The first-order valence-corrected chi connectivity index (χ1v) is 27.8. The van der Waals surface area contributed by atoms with Crippen molar-refractivity contribution >= 4 is 100.0 Å². The van der Waals surface area contributed by atoms with E-state index in [2.05, 4.69) is 36.7 Å². The summed E-state index contributed by atoms with van der Waals surface area (Å²) in [6, 6.07) is 12.6. The van der Waals surface area contributed by atoms with Crippen LogP contribution < -0.4 is 25.6 Å². The molecule has 3 heterocycles. The van der Waals surface area contributed by atoms with Crippen molar-refractivity contribution < 1.29 is 56.9 Å². The highest BCUT2D eigenvalue weighted by Gasteiger charge is 2.45. The number of aryl methyl sites for hydroxylation is 2. The highest BCUT2D eigenvalue weighted by Crippen LogP contribution is 2.37. The second-order valence-electron chi connectivity index (χ2n) is 16.7. The molecule has 0 saturated carbocycles. The van der Waals surface area contributed by atoms with E-state index >= 15 is 0 Å². The number of terminal acetylenes is 1. The molecule has 2 atom stereocenters. The van der Waals surface area contributed by atoms with Crippen LogP contribution in [0, 0.1) is 19.3 Å². The van der Waals surface area contributed by atoms with Crippen molar-refractivity contribution in [2.45, 2.75) is 83.9 Å². The van der Waals surface area contributed by atoms with Crippen molar-refractivity contribution in [3.63, 3.8) is 0 Å². The van der Waals surface area contributed by atoms with Gasteiger partial charge in [-0.15, -0.1) is 23.1 Å². The fourth-order valence-electron chi connectivity index (χ4n) is 5.79. The smallest absolute Gasteiger partial charge is 0.442 e. The Kier molecular flexibility index (Phi) is 28.6. The lowest BCUT2D eigenvalue weighted by atomic mass is 9.97. The highest BCUT2D eigenvalue weighted by atomic mass is 35.5. The number of carboxylic acids is 1. The normalized spacial score (nSPS) is 14.5. The maximum Gasteiger partial charge on any atom is 0.442 e. The summed E-state index contributed by atoms with van der Waals surface area (Å²) in [5, 5.41) is 14.7. The molecule has 25 heteroatoms. The summed E-state index contributed by atoms with van der Waals surface area (Å²) in [5.74, 6) is 1.30. The Morgan fingerprint density at radius 3 is 2.24 bits per heavy atom. The standard InChI is InChI=1S/C15H14Cl2N2O3.C14H20ClNO2.C11H13Cl2NO3.C3H8NO5P.C3H9S/c1-5-6-21-12-8-11(9(16)7-10(12)17)19-14(20)22-13(18-19)15(2,3)4;1-4-12-8-6-7-11(3)14(12)16(10-18-5-2)13(17)9-15;1-11(2)14(10(15)9(12)13)6-8(17-11)7-4-3-5-16-7;5-3(6)1-4-2-10(7,8)9;1-4(2)3/h1,7-8H,6H2,2-4H3;6-8H,4-5,9-10H2,1-3H3;3-5,8-9H,6H2,1-2H3;4H,1-2H2,(H,5,6)(H2,7,8,9);1-3H3/q;;;;+1/p-1. The number of rotatable bonds is 15. The summed E-state index contributed by atoms with van der Waals surface area (Å²) in [6.07, 6.45) is 13.2. The molecule has 1 aliphatic heterocycles. The minimum Gasteiger partial charge on any atom is -0.778 e. The van der Waals surface area contributed by atoms with Gasteiger partial charge in [-0.3, -0.25) is 24.6 Å². The number of nitrogens with one attached hydrogen (secondary N) is 1. The van der Waals surface area contributed by atoms with Gasteiger partial charge in [-0.2, -0.15) is 4.68 Å². The first-order valence-electron chi connectivity index (χ1n) is 21.4. The van der Waals surface area contributed by atoms with Gasteiger partial charge in [0.1, 0.15) is 50.2 Å². The van der Waals surface area contributed by atoms with Gasteiger partial charge < -0.3 is 47.4 Å². The van der Waals surface area contributed by atoms with Crippen LogP contribution >= 0.6 is 65.6 Å². The SMILES string of the molecule is C#CCOc1cc(-n2nc(C(C)(C)C)oc2=O)c(Cl)cc1Cl.CC1(C)OC(c2ccco2)CN1C(=O)C(Cl)Cl.CCOCN(C(=O)CCl)c1c(C)cccc1CC.C[S+](C)C.O=C(O)CNCP(=O)([O-])O. The quantitative estimate of drug-likeness (QED) is 0.0337. The molecule has 18 nitrogen and oxygen atoms in total. The van der Waals surface area contributed by atoms with Gasteiger partial charge in [0, 0.05) is 18.1 Å². The second kappa shape index (κ2) is 31.1. The van der Waals surface area contributed by atoms with Crippen molar-refractivity contribution in [3.05, 3.63) is 92.1 Å². The van der Waals surface area contributed by atoms with Crippen molar-refractivity contribution in [2.24, 2.45) is 0 Å². The number of para-hydroxylation sites is 1. The molecule has 4 aromatic rings. The first-order chi connectivity index (χ1) is 33.0. The van der Waals surface area contributed by atoms with E-state index in [0.29, 0.717) is 47.1 Å². The lowest BCUT2D eigenvalue weighted by molar-refractivity contribution is -0.193. The molecule has 0 bridgehead atoms. The molecule has 1 saturated heterocycles. The molecular formula is C46H63Cl5N5O13PS. The number of benzene rings is 2. The van der Waals surface area contributed by atoms with Crippen LogP contribution in [0.2, 0.25) is 10.0 Å². The zero-order chi connectivity index (χ0) is 54.4. The molecule has 1 fully saturated rings. The van der Waals surface area contributed by atoms with E-state index in [4.69, 9.17) is 97.5 Å². The number of furan rings is 1. The van der Waals surface area contributed by atoms with Crippen molar-refractivity contribution in [2.75, 3.05) is 68.9 Å². The average Bonchev–Trinajstić information content (AvgIpc) is 4.02. The summed E-state index contributed by atoms with van der Waals surface area (Å²) in [5.41, 5.74) is 2.28. The van der Waals surface area contributed by atoms with Crippen molar-refractivity contribution in [1.82, 2.24) is 20.0 Å². The Labute approximate surface area is 443 Å². The second-order valence-corrected chi connectivity index (χ2v) is 23.0. The average molecular weight is 1130 g/mol. The molecule has 0 spiro atoms. The number of carbonyl (C=O) groups is 3. The number of nitrogens with zero attached hydrogens (tertiary/aromatic N) is 4. The van der Waals surface area contributed by atoms with E-state index in [0.717, 1.165) is 27.9 Å². The molecule has 2 aromatic carbocycles. The zero-order valence-corrected chi connectivity index (χ0v) is 46.9. The number of carboxylic acid groups (broad SMARTS) is 1. The fraction of sp³-hybridized carbons (Fsp3) is 0.500. The molecule has 1 aliphatic rings. The molecule has 71 heavy (non-hydrogen) atoms. The molecule has 5 rings (SSSR count). The molecule has 2 amide bonds. The third kappa shape index (κ3) is 22.9. The lowest BCUT2D eigenvalue weighted by Crippen LogP contribution is -2.45. The minimum atomic E-state index is -4.35. The summed E-state index contributed by atoms with van der Waals surface area (Å²) >= 11 is 29.1. The predicted molar refractivity (Wildman–Crippen MR) is 280 cm³/mol. The number of aromatic nitrogens is 2. The van der Waals surface area contributed by atoms with Gasteiger partial charge in [-0.25, -0.2) is 4.79 Å². The van der Waals surface area contributed by atoms with E-state index in [9.17, 15) is 28.6 Å². The number of aliphatic carboxylic acids is 1. The van der Waals surface area contributed by atoms with Gasteiger partial charge in [0.2, 0.25) is 11.8 Å². The van der Waals surface area contributed by atoms with Crippen LogP contribution in [0.5, 0.6) is 5.75 Å². The number of hydrogen-bond donors (Lipinski definition) is 3. The maximum absolute atomic E-state index is 12.0. The van der Waals surface area contributed by atoms with Crippen LogP contribution in [-0.2, 0) is 51.2 Å². The van der Waals surface area contributed by atoms with Gasteiger partial charge in [0.25, 0.3) is 5.91 Å². The third-order valence-corrected chi connectivity index (χ3v) is 10.7. The van der Waals surface area contributed by atoms with Gasteiger partial charge >= 0.3 is 11.7 Å². The van der Waals surface area contributed by atoms with Gasteiger partial charge in [0.15, 0.2) is 4.84 Å². The van der Waals surface area contributed by atoms with Crippen molar-refractivity contribution in [3.8, 4) is 23.8 Å². The fourth-order valence-corrected chi connectivity index (χ4v) is 7.08. The van der Waals surface area contributed by atoms with Crippen molar-refractivity contribution in [1.29, 1.82) is 0 Å².